The first-order valence-electron chi connectivity index (χ1n) is 12.4. The summed E-state index contributed by atoms with van der Waals surface area (Å²) in [4.78, 5) is 23.4. The second-order valence-electron chi connectivity index (χ2n) is 9.60. The highest BCUT2D eigenvalue weighted by atomic mass is 19.4. The minimum atomic E-state index is -4.30. The van der Waals surface area contributed by atoms with Crippen LogP contribution in [0.3, 0.4) is 0 Å². The van der Waals surface area contributed by atoms with Crippen LogP contribution in [0.25, 0.3) is 33.4 Å². The van der Waals surface area contributed by atoms with Gasteiger partial charge < -0.3 is 14.8 Å². The van der Waals surface area contributed by atoms with Gasteiger partial charge in [-0.05, 0) is 42.3 Å². The van der Waals surface area contributed by atoms with E-state index < -0.39 is 18.0 Å². The summed E-state index contributed by atoms with van der Waals surface area (Å²) in [5.41, 5.74) is 4.76. The number of H-pyrrole nitrogens is 1. The number of carbonyl (C=O) groups excluding carboxylic acids is 1. The number of aromatic amines is 1. The third kappa shape index (κ3) is 4.83. The molecule has 2 aromatic carbocycles. The molecule has 0 aliphatic carbocycles. The topological polar surface area (TPSA) is 91.7 Å². The molecule has 0 saturated carbocycles. The molecule has 39 heavy (non-hydrogen) atoms. The van der Waals surface area contributed by atoms with Crippen LogP contribution >= 0.6 is 0 Å². The van der Waals surface area contributed by atoms with Crippen molar-refractivity contribution < 1.29 is 18.0 Å². The SMILES string of the molecule is Cn1c(C(=O)N2CC[C@@H](C(F)(F)F)C2)cc2ccc(-c3nccc(Nc4ccc(-c5cn[nH]c5)cc4)n3)cc21. The van der Waals surface area contributed by atoms with E-state index in [-0.39, 0.29) is 19.5 Å². The molecule has 198 valence electrons. The molecule has 1 aliphatic rings. The Bertz CT molecular complexity index is 1640. The van der Waals surface area contributed by atoms with Gasteiger partial charge in [0.15, 0.2) is 5.82 Å². The molecule has 1 atom stereocenters. The maximum atomic E-state index is 13.1. The van der Waals surface area contributed by atoms with Crippen LogP contribution in [0, 0.1) is 5.92 Å². The Morgan fingerprint density at radius 3 is 2.56 bits per heavy atom. The molecule has 8 nitrogen and oxygen atoms in total. The predicted octanol–water partition coefficient (Wildman–Crippen LogP) is 5.79. The molecule has 1 amide bonds. The Labute approximate surface area is 221 Å². The third-order valence-electron chi connectivity index (χ3n) is 7.11. The van der Waals surface area contributed by atoms with Crippen molar-refractivity contribution in [2.75, 3.05) is 18.4 Å². The normalized spacial score (nSPS) is 15.7. The molecule has 11 heteroatoms. The summed E-state index contributed by atoms with van der Waals surface area (Å²) in [7, 11) is 1.74. The van der Waals surface area contributed by atoms with Crippen molar-refractivity contribution in [3.8, 4) is 22.5 Å². The largest absolute Gasteiger partial charge is 0.393 e. The van der Waals surface area contributed by atoms with E-state index in [9.17, 15) is 18.0 Å². The molecule has 1 saturated heterocycles. The van der Waals surface area contributed by atoms with Gasteiger partial charge in [-0.2, -0.15) is 18.3 Å². The molecule has 1 aliphatic heterocycles. The summed E-state index contributed by atoms with van der Waals surface area (Å²) in [5.74, 6) is -0.760. The number of benzene rings is 2. The van der Waals surface area contributed by atoms with Crippen LogP contribution in [0.15, 0.2) is 73.2 Å². The average molecular weight is 532 g/mol. The number of hydrogen-bond donors (Lipinski definition) is 2. The van der Waals surface area contributed by atoms with Crippen LogP contribution in [0.2, 0.25) is 0 Å². The average Bonchev–Trinajstić information content (AvgIpc) is 3.70. The summed E-state index contributed by atoms with van der Waals surface area (Å²) in [6, 6.07) is 17.0. The van der Waals surface area contributed by atoms with Crippen molar-refractivity contribution >= 4 is 28.3 Å². The highest BCUT2D eigenvalue weighted by Gasteiger charge is 2.45. The lowest BCUT2D eigenvalue weighted by molar-refractivity contribution is -0.169. The van der Waals surface area contributed by atoms with Crippen molar-refractivity contribution in [3.05, 3.63) is 78.9 Å². The molecule has 1 fully saturated rings. The summed E-state index contributed by atoms with van der Waals surface area (Å²) in [6.45, 7) is -0.218. The molecule has 6 rings (SSSR count). The molecule has 0 unspecified atom stereocenters. The van der Waals surface area contributed by atoms with Crippen molar-refractivity contribution in [3.63, 3.8) is 0 Å². The second kappa shape index (κ2) is 9.57. The minimum absolute atomic E-state index is 0.0699. The van der Waals surface area contributed by atoms with Gasteiger partial charge in [-0.25, -0.2) is 9.97 Å². The van der Waals surface area contributed by atoms with E-state index in [1.165, 1.54) is 4.90 Å². The van der Waals surface area contributed by atoms with Crippen molar-refractivity contribution in [2.24, 2.45) is 13.0 Å². The van der Waals surface area contributed by atoms with E-state index in [0.717, 1.165) is 33.3 Å². The smallest absolute Gasteiger partial charge is 0.340 e. The van der Waals surface area contributed by atoms with Gasteiger partial charge in [0.05, 0.1) is 12.1 Å². The Morgan fingerprint density at radius 2 is 1.85 bits per heavy atom. The number of halogens is 3. The van der Waals surface area contributed by atoms with Gasteiger partial charge in [-0.3, -0.25) is 9.89 Å². The van der Waals surface area contributed by atoms with Gasteiger partial charge in [0, 0.05) is 60.2 Å². The quantitative estimate of drug-likeness (QED) is 0.299. The summed E-state index contributed by atoms with van der Waals surface area (Å²) in [5, 5.41) is 10.9. The van der Waals surface area contributed by atoms with Crippen LogP contribution in [0.4, 0.5) is 24.7 Å². The number of carbonyl (C=O) groups is 1. The number of amides is 1. The molecular formula is C28H24F3N7O. The van der Waals surface area contributed by atoms with Crippen molar-refractivity contribution in [1.82, 2.24) is 29.6 Å². The number of rotatable bonds is 5. The first-order chi connectivity index (χ1) is 18.8. The maximum Gasteiger partial charge on any atom is 0.393 e. The third-order valence-corrected chi connectivity index (χ3v) is 7.11. The number of fused-ring (bicyclic) bond motifs is 1. The molecule has 5 aromatic rings. The lowest BCUT2D eigenvalue weighted by atomic mass is 10.1. The van der Waals surface area contributed by atoms with Crippen LogP contribution in [-0.4, -0.2) is 54.8 Å². The first-order valence-corrected chi connectivity index (χ1v) is 12.4. The minimum Gasteiger partial charge on any atom is -0.340 e. The zero-order valence-electron chi connectivity index (χ0n) is 20.9. The zero-order valence-corrected chi connectivity index (χ0v) is 20.9. The fraction of sp³-hybridized carbons (Fsp3) is 0.214. The van der Waals surface area contributed by atoms with Gasteiger partial charge in [0.25, 0.3) is 5.91 Å². The first kappa shape index (κ1) is 24.7. The summed E-state index contributed by atoms with van der Waals surface area (Å²) in [6.07, 6.45) is 0.892. The van der Waals surface area contributed by atoms with Crippen LogP contribution in [0.1, 0.15) is 16.9 Å². The molecule has 4 heterocycles. The number of aryl methyl sites for hydroxylation is 1. The molecule has 2 N–H and O–H groups in total. The Balaban J connectivity index is 1.22. The van der Waals surface area contributed by atoms with E-state index in [1.807, 2.05) is 48.7 Å². The van der Waals surface area contributed by atoms with Crippen molar-refractivity contribution in [1.29, 1.82) is 0 Å². The number of nitrogens with one attached hydrogen (secondary N) is 2. The van der Waals surface area contributed by atoms with E-state index in [4.69, 9.17) is 0 Å². The Hall–Kier alpha value is -4.67. The number of aromatic nitrogens is 5. The lowest BCUT2D eigenvalue weighted by Crippen LogP contribution is -2.32. The number of hydrogen-bond acceptors (Lipinski definition) is 5. The van der Waals surface area contributed by atoms with E-state index in [0.29, 0.717) is 17.3 Å². The standard InChI is InChI=1S/C28H24F3N7O/c1-37-23-13-19(3-2-18(23)12-24(37)27(39)38-11-9-21(16-38)28(29,30)31)26-32-10-8-25(36-26)35-22-6-4-17(5-7-22)20-14-33-34-15-20/h2-8,10,12-15,21H,9,11,16H2,1H3,(H,33,34)(H,32,35,36)/t21-/m1/s1. The monoisotopic (exact) mass is 531 g/mol. The number of anilines is 2. The Kier molecular flexibility index (Phi) is 6.05. The predicted molar refractivity (Wildman–Crippen MR) is 141 cm³/mol. The van der Waals surface area contributed by atoms with Crippen LogP contribution in [-0.2, 0) is 7.05 Å². The van der Waals surface area contributed by atoms with Gasteiger partial charge >= 0.3 is 6.18 Å². The number of nitrogens with zero attached hydrogens (tertiary/aromatic N) is 5. The summed E-state index contributed by atoms with van der Waals surface area (Å²) >= 11 is 0. The number of alkyl halides is 3. The highest BCUT2D eigenvalue weighted by Crippen LogP contribution is 2.34. The fourth-order valence-electron chi connectivity index (χ4n) is 4.92. The van der Waals surface area contributed by atoms with Crippen LogP contribution in [0.5, 0.6) is 0 Å². The molecule has 0 spiro atoms. The zero-order chi connectivity index (χ0) is 27.1. The van der Waals surface area contributed by atoms with Gasteiger partial charge in [0.2, 0.25) is 0 Å². The van der Waals surface area contributed by atoms with E-state index in [1.54, 1.807) is 36.1 Å². The second-order valence-corrected chi connectivity index (χ2v) is 9.60. The molecule has 0 bridgehead atoms. The van der Waals surface area contributed by atoms with Gasteiger partial charge in [-0.15, -0.1) is 0 Å². The van der Waals surface area contributed by atoms with E-state index in [2.05, 4.69) is 25.5 Å². The Morgan fingerprint density at radius 1 is 1.05 bits per heavy atom. The van der Waals surface area contributed by atoms with E-state index >= 15 is 0 Å². The van der Waals surface area contributed by atoms with Crippen LogP contribution < -0.4 is 5.32 Å². The molecule has 3 aromatic heterocycles. The highest BCUT2D eigenvalue weighted by molar-refractivity contribution is 5.99. The molecule has 0 radical (unpaired) electrons. The fourth-order valence-corrected chi connectivity index (χ4v) is 4.92. The maximum absolute atomic E-state index is 13.1. The molecular weight excluding hydrogens is 507 g/mol. The number of likely N-dealkylation sites (tertiary alicyclic amines) is 1. The van der Waals surface area contributed by atoms with Crippen molar-refractivity contribution in [2.45, 2.75) is 12.6 Å². The lowest BCUT2D eigenvalue weighted by Gasteiger charge is -2.18. The van der Waals surface area contributed by atoms with Gasteiger partial charge in [-0.1, -0.05) is 24.3 Å². The summed E-state index contributed by atoms with van der Waals surface area (Å²) < 4.78 is 41.0. The van der Waals surface area contributed by atoms with Gasteiger partial charge in [0.1, 0.15) is 11.5 Å².